The van der Waals surface area contributed by atoms with E-state index in [1.54, 1.807) is 38.1 Å². The van der Waals surface area contributed by atoms with Crippen molar-refractivity contribution in [2.75, 3.05) is 19.8 Å². The first kappa shape index (κ1) is 19.1. The van der Waals surface area contributed by atoms with Crippen molar-refractivity contribution in [1.29, 1.82) is 0 Å². The van der Waals surface area contributed by atoms with Crippen molar-refractivity contribution in [2.45, 2.75) is 19.8 Å². The zero-order chi connectivity index (χ0) is 17.4. The first-order valence-corrected chi connectivity index (χ1v) is 7.90. The van der Waals surface area contributed by atoms with Crippen molar-refractivity contribution >= 4 is 27.9 Å². The van der Waals surface area contributed by atoms with Crippen LogP contribution in [0.25, 0.3) is 0 Å². The molecular formula is C15H18BrNO6. The Morgan fingerprint density at radius 3 is 2.00 bits per heavy atom. The number of carbonyl (C=O) groups is 2. The lowest BCUT2D eigenvalue weighted by Crippen LogP contribution is -2.36. The van der Waals surface area contributed by atoms with Crippen LogP contribution in [0.1, 0.15) is 25.3 Å². The standard InChI is InChI=1S/C15H18BrNO6/c1-3-22-14(18)13(15(19)23-4-2)12(9-17(20)21)10-5-7-11(16)8-6-10/h5-8,12-13H,3-4,9H2,1-2H3/t12-/m1/s1. The summed E-state index contributed by atoms with van der Waals surface area (Å²) in [5, 5.41) is 11.0. The molecule has 0 N–H and O–H groups in total. The fourth-order valence-corrected chi connectivity index (χ4v) is 2.43. The molecule has 1 aromatic carbocycles. The van der Waals surface area contributed by atoms with Gasteiger partial charge in [-0.2, -0.15) is 0 Å². The van der Waals surface area contributed by atoms with Crippen LogP contribution in [0.3, 0.4) is 0 Å². The van der Waals surface area contributed by atoms with E-state index in [9.17, 15) is 19.7 Å². The monoisotopic (exact) mass is 387 g/mol. The molecule has 0 amide bonds. The molecule has 0 saturated heterocycles. The number of hydrogen-bond donors (Lipinski definition) is 0. The molecule has 0 bridgehead atoms. The van der Waals surface area contributed by atoms with E-state index < -0.39 is 35.2 Å². The number of ether oxygens (including phenoxy) is 2. The number of benzene rings is 1. The molecule has 8 heteroatoms. The average Bonchev–Trinajstić information content (AvgIpc) is 2.47. The molecule has 7 nitrogen and oxygen atoms in total. The summed E-state index contributed by atoms with van der Waals surface area (Å²) in [6.07, 6.45) is 0. The molecule has 1 aromatic rings. The van der Waals surface area contributed by atoms with E-state index in [0.29, 0.717) is 5.56 Å². The van der Waals surface area contributed by atoms with E-state index in [1.807, 2.05) is 0 Å². The van der Waals surface area contributed by atoms with Crippen LogP contribution in [-0.4, -0.2) is 36.6 Å². The second kappa shape index (κ2) is 9.24. The summed E-state index contributed by atoms with van der Waals surface area (Å²) in [5.41, 5.74) is 0.496. The molecular weight excluding hydrogens is 370 g/mol. The third-order valence-electron chi connectivity index (χ3n) is 3.13. The van der Waals surface area contributed by atoms with Crippen LogP contribution < -0.4 is 0 Å². The summed E-state index contributed by atoms with van der Waals surface area (Å²) in [5.74, 6) is -3.97. The molecule has 0 radical (unpaired) electrons. The van der Waals surface area contributed by atoms with E-state index in [2.05, 4.69) is 15.9 Å². The van der Waals surface area contributed by atoms with Gasteiger partial charge in [-0.25, -0.2) is 0 Å². The van der Waals surface area contributed by atoms with E-state index >= 15 is 0 Å². The number of hydrogen-bond acceptors (Lipinski definition) is 6. The van der Waals surface area contributed by atoms with Gasteiger partial charge in [0.05, 0.1) is 19.1 Å². The zero-order valence-electron chi connectivity index (χ0n) is 12.9. The fourth-order valence-electron chi connectivity index (χ4n) is 2.16. The van der Waals surface area contributed by atoms with Crippen molar-refractivity contribution in [2.24, 2.45) is 5.92 Å². The van der Waals surface area contributed by atoms with E-state index in [4.69, 9.17) is 9.47 Å². The van der Waals surface area contributed by atoms with Crippen LogP contribution in [0.15, 0.2) is 28.7 Å². The van der Waals surface area contributed by atoms with Gasteiger partial charge in [0.25, 0.3) is 0 Å². The molecule has 1 rings (SSSR count). The number of esters is 2. The molecule has 0 heterocycles. The van der Waals surface area contributed by atoms with Gasteiger partial charge in [0, 0.05) is 9.40 Å². The topological polar surface area (TPSA) is 95.7 Å². The van der Waals surface area contributed by atoms with Crippen LogP contribution in [-0.2, 0) is 19.1 Å². The lowest BCUT2D eigenvalue weighted by atomic mass is 9.86. The maximum Gasteiger partial charge on any atom is 0.321 e. The second-order valence-corrected chi connectivity index (χ2v) is 5.57. The third kappa shape index (κ3) is 5.63. The van der Waals surface area contributed by atoms with E-state index in [-0.39, 0.29) is 13.2 Å². The average molecular weight is 388 g/mol. The summed E-state index contributed by atoms with van der Waals surface area (Å²) >= 11 is 3.27. The molecule has 0 unspecified atom stereocenters. The SMILES string of the molecule is CCOC(=O)C(C(=O)OCC)[C@H](C[N+](=O)[O-])c1ccc(Br)cc1. The van der Waals surface area contributed by atoms with Gasteiger partial charge in [-0.3, -0.25) is 19.7 Å². The number of rotatable bonds is 8. The van der Waals surface area contributed by atoms with Gasteiger partial charge >= 0.3 is 11.9 Å². The van der Waals surface area contributed by atoms with Gasteiger partial charge in [0.1, 0.15) is 0 Å². The summed E-state index contributed by atoms with van der Waals surface area (Å²) < 4.78 is 10.6. The van der Waals surface area contributed by atoms with Crippen molar-refractivity contribution < 1.29 is 24.0 Å². The molecule has 0 aliphatic heterocycles. The first-order chi connectivity index (χ1) is 10.9. The Morgan fingerprint density at radius 1 is 1.13 bits per heavy atom. The van der Waals surface area contributed by atoms with Gasteiger partial charge in [-0.05, 0) is 31.5 Å². The Kier molecular flexibility index (Phi) is 7.67. The maximum absolute atomic E-state index is 12.2. The highest BCUT2D eigenvalue weighted by Gasteiger charge is 2.41. The number of halogens is 1. The lowest BCUT2D eigenvalue weighted by Gasteiger charge is -2.21. The first-order valence-electron chi connectivity index (χ1n) is 7.11. The fraction of sp³-hybridized carbons (Fsp3) is 0.467. The Bertz CT molecular complexity index is 542. The van der Waals surface area contributed by atoms with Crippen LogP contribution in [0, 0.1) is 16.0 Å². The molecule has 23 heavy (non-hydrogen) atoms. The summed E-state index contributed by atoms with van der Waals surface area (Å²) in [6.45, 7) is 2.76. The van der Waals surface area contributed by atoms with Gasteiger partial charge < -0.3 is 9.47 Å². The quantitative estimate of drug-likeness (QED) is 0.294. The predicted octanol–water partition coefficient (Wildman–Crippen LogP) is 2.55. The number of carbonyl (C=O) groups excluding carboxylic acids is 2. The smallest absolute Gasteiger partial charge is 0.321 e. The van der Waals surface area contributed by atoms with Gasteiger partial charge in [-0.15, -0.1) is 0 Å². The molecule has 126 valence electrons. The maximum atomic E-state index is 12.2. The Hall–Kier alpha value is -1.96. The molecule has 0 spiro atoms. The summed E-state index contributed by atoms with van der Waals surface area (Å²) in [6, 6.07) is 6.64. The third-order valence-corrected chi connectivity index (χ3v) is 3.66. The summed E-state index contributed by atoms with van der Waals surface area (Å²) in [4.78, 5) is 34.8. The minimum Gasteiger partial charge on any atom is -0.465 e. The Labute approximate surface area is 142 Å². The highest BCUT2D eigenvalue weighted by atomic mass is 79.9. The Balaban J connectivity index is 3.24. The molecule has 0 saturated carbocycles. The predicted molar refractivity (Wildman–Crippen MR) is 85.5 cm³/mol. The minimum absolute atomic E-state index is 0.0697. The lowest BCUT2D eigenvalue weighted by molar-refractivity contribution is -0.484. The van der Waals surface area contributed by atoms with Crippen LogP contribution in [0.2, 0.25) is 0 Å². The largest absolute Gasteiger partial charge is 0.465 e. The van der Waals surface area contributed by atoms with Crippen LogP contribution in [0.4, 0.5) is 0 Å². The molecule has 0 aromatic heterocycles. The van der Waals surface area contributed by atoms with Gasteiger partial charge in [0.2, 0.25) is 6.54 Å². The van der Waals surface area contributed by atoms with Crippen molar-refractivity contribution in [3.63, 3.8) is 0 Å². The highest BCUT2D eigenvalue weighted by Crippen LogP contribution is 2.29. The molecule has 0 aliphatic rings. The summed E-state index contributed by atoms with van der Waals surface area (Å²) in [7, 11) is 0. The van der Waals surface area contributed by atoms with Gasteiger partial charge in [-0.1, -0.05) is 28.1 Å². The Morgan fingerprint density at radius 2 is 1.61 bits per heavy atom. The van der Waals surface area contributed by atoms with Crippen LogP contribution in [0.5, 0.6) is 0 Å². The van der Waals surface area contributed by atoms with Gasteiger partial charge in [0.15, 0.2) is 5.92 Å². The number of nitrogens with zero attached hydrogens (tertiary/aromatic N) is 1. The second-order valence-electron chi connectivity index (χ2n) is 4.66. The molecule has 0 aliphatic carbocycles. The van der Waals surface area contributed by atoms with Crippen molar-refractivity contribution in [3.05, 3.63) is 44.4 Å². The molecule has 1 atom stereocenters. The van der Waals surface area contributed by atoms with E-state index in [1.165, 1.54) is 0 Å². The zero-order valence-corrected chi connectivity index (χ0v) is 14.4. The highest BCUT2D eigenvalue weighted by molar-refractivity contribution is 9.10. The van der Waals surface area contributed by atoms with E-state index in [0.717, 1.165) is 4.47 Å². The normalized spacial score (nSPS) is 11.8. The van der Waals surface area contributed by atoms with Crippen molar-refractivity contribution in [3.8, 4) is 0 Å². The van der Waals surface area contributed by atoms with Crippen LogP contribution >= 0.6 is 15.9 Å². The molecule has 0 fully saturated rings. The minimum atomic E-state index is -1.37. The number of nitro groups is 1. The van der Waals surface area contributed by atoms with Crippen molar-refractivity contribution in [1.82, 2.24) is 0 Å².